The van der Waals surface area contributed by atoms with Crippen LogP contribution < -0.4 is 0 Å². The van der Waals surface area contributed by atoms with Crippen LogP contribution in [-0.4, -0.2) is 12.5 Å². The molecular weight excluding hydrogens is 155 g/mol. The van der Waals surface area contributed by atoms with Crippen LogP contribution in [0.5, 0.6) is 0 Å². The first-order chi connectivity index (χ1) is 5.68. The average molecular weight is 170 g/mol. The number of halogens is 1. The molecule has 0 saturated heterocycles. The molecule has 0 saturated carbocycles. The van der Waals surface area contributed by atoms with E-state index >= 15 is 0 Å². The highest BCUT2D eigenvalue weighted by Crippen LogP contribution is 2.23. The van der Waals surface area contributed by atoms with E-state index in [-0.39, 0.29) is 19.4 Å². The lowest BCUT2D eigenvalue weighted by molar-refractivity contribution is -0.130. The highest BCUT2D eigenvalue weighted by Gasteiger charge is 2.26. The van der Waals surface area contributed by atoms with Gasteiger partial charge in [0.2, 0.25) is 5.85 Å². The third kappa shape index (κ3) is 4.09. The van der Waals surface area contributed by atoms with Crippen LogP contribution in [0.3, 0.4) is 0 Å². The van der Waals surface area contributed by atoms with Crippen molar-refractivity contribution in [2.45, 2.75) is 18.7 Å². The summed E-state index contributed by atoms with van der Waals surface area (Å²) in [5.74, 6) is -1.66. The van der Waals surface area contributed by atoms with E-state index in [0.29, 0.717) is 0 Å². The molecule has 0 unspecified atom stereocenters. The van der Waals surface area contributed by atoms with Gasteiger partial charge in [-0.3, -0.25) is 0 Å². The van der Waals surface area contributed by atoms with Crippen molar-refractivity contribution in [3.05, 3.63) is 38.0 Å². The summed E-state index contributed by atoms with van der Waals surface area (Å²) < 4.78 is 18.5. The number of hydrogen-bond donors (Lipinski definition) is 0. The fourth-order valence-corrected chi connectivity index (χ4v) is 0.841. The van der Waals surface area contributed by atoms with E-state index in [9.17, 15) is 4.39 Å². The molecule has 0 N–H and O–H groups in total. The SMILES string of the molecule is C=CCOC(F)(CC=C)CC=C. The standard InChI is InChI=1S/C10H15FO/c1-4-7-10(11,8-5-2)12-9-6-3/h4-6H,1-3,7-9H2. The van der Waals surface area contributed by atoms with Crippen molar-refractivity contribution >= 4 is 0 Å². The zero-order chi connectivity index (χ0) is 9.45. The lowest BCUT2D eigenvalue weighted by Crippen LogP contribution is -2.25. The van der Waals surface area contributed by atoms with E-state index in [2.05, 4.69) is 19.7 Å². The molecule has 0 rings (SSSR count). The zero-order valence-electron chi connectivity index (χ0n) is 7.26. The summed E-state index contributed by atoms with van der Waals surface area (Å²) in [4.78, 5) is 0. The lowest BCUT2D eigenvalue weighted by Gasteiger charge is -2.21. The fourth-order valence-electron chi connectivity index (χ4n) is 0.841. The van der Waals surface area contributed by atoms with Gasteiger partial charge in [-0.25, -0.2) is 4.39 Å². The predicted octanol–water partition coefficient (Wildman–Crippen LogP) is 3.01. The number of alkyl halides is 1. The predicted molar refractivity (Wildman–Crippen MR) is 49.6 cm³/mol. The lowest BCUT2D eigenvalue weighted by atomic mass is 10.1. The molecule has 0 bridgehead atoms. The first-order valence-corrected chi connectivity index (χ1v) is 3.84. The quantitative estimate of drug-likeness (QED) is 0.534. The van der Waals surface area contributed by atoms with E-state index in [0.717, 1.165) is 0 Å². The molecule has 68 valence electrons. The second-order valence-electron chi connectivity index (χ2n) is 2.47. The third-order valence-electron chi connectivity index (χ3n) is 1.36. The Kier molecular flexibility index (Phi) is 5.30. The van der Waals surface area contributed by atoms with Gasteiger partial charge in [0.1, 0.15) is 0 Å². The molecule has 0 aromatic heterocycles. The second kappa shape index (κ2) is 5.72. The van der Waals surface area contributed by atoms with Crippen molar-refractivity contribution < 1.29 is 9.13 Å². The van der Waals surface area contributed by atoms with Gasteiger partial charge >= 0.3 is 0 Å². The molecule has 0 atom stereocenters. The first-order valence-electron chi connectivity index (χ1n) is 3.84. The van der Waals surface area contributed by atoms with Crippen molar-refractivity contribution in [1.82, 2.24) is 0 Å². The number of hydrogen-bond acceptors (Lipinski definition) is 1. The normalized spacial score (nSPS) is 10.8. The summed E-state index contributed by atoms with van der Waals surface area (Å²) in [6.07, 6.45) is 4.85. The summed E-state index contributed by atoms with van der Waals surface area (Å²) in [6, 6.07) is 0. The van der Waals surface area contributed by atoms with Gasteiger partial charge in [0.15, 0.2) is 0 Å². The van der Waals surface area contributed by atoms with Crippen LogP contribution in [0.4, 0.5) is 4.39 Å². The Morgan fingerprint density at radius 1 is 1.08 bits per heavy atom. The van der Waals surface area contributed by atoms with Crippen molar-refractivity contribution in [2.24, 2.45) is 0 Å². The topological polar surface area (TPSA) is 9.23 Å². The van der Waals surface area contributed by atoms with Crippen molar-refractivity contribution in [3.63, 3.8) is 0 Å². The van der Waals surface area contributed by atoms with E-state index in [1.54, 1.807) is 0 Å². The number of ether oxygens (including phenoxy) is 1. The molecule has 0 aliphatic carbocycles. The van der Waals surface area contributed by atoms with Gasteiger partial charge in [-0.15, -0.1) is 19.7 Å². The van der Waals surface area contributed by atoms with E-state index < -0.39 is 5.85 Å². The van der Waals surface area contributed by atoms with Crippen LogP contribution in [0.15, 0.2) is 38.0 Å². The van der Waals surface area contributed by atoms with E-state index in [1.807, 2.05) is 0 Å². The Bertz CT molecular complexity index is 153. The van der Waals surface area contributed by atoms with Gasteiger partial charge < -0.3 is 4.74 Å². The zero-order valence-corrected chi connectivity index (χ0v) is 7.26. The van der Waals surface area contributed by atoms with Crippen LogP contribution in [-0.2, 0) is 4.74 Å². The molecule has 2 heteroatoms. The highest BCUT2D eigenvalue weighted by atomic mass is 19.2. The minimum absolute atomic E-state index is 0.173. The van der Waals surface area contributed by atoms with Crippen LogP contribution >= 0.6 is 0 Å². The molecule has 0 heterocycles. The van der Waals surface area contributed by atoms with E-state index in [1.165, 1.54) is 18.2 Å². The van der Waals surface area contributed by atoms with Gasteiger partial charge in [-0.2, -0.15) is 0 Å². The summed E-state index contributed by atoms with van der Waals surface area (Å²) in [6.45, 7) is 10.6. The highest BCUT2D eigenvalue weighted by molar-refractivity contribution is 4.86. The molecule has 0 aliphatic rings. The second-order valence-corrected chi connectivity index (χ2v) is 2.47. The summed E-state index contributed by atoms with van der Waals surface area (Å²) >= 11 is 0. The molecule has 12 heavy (non-hydrogen) atoms. The van der Waals surface area contributed by atoms with E-state index in [4.69, 9.17) is 4.74 Å². The molecule has 0 amide bonds. The number of rotatable bonds is 7. The first kappa shape index (κ1) is 11.1. The van der Waals surface area contributed by atoms with Gasteiger partial charge in [0.25, 0.3) is 0 Å². The maximum atomic E-state index is 13.6. The molecule has 0 aromatic rings. The Hall–Kier alpha value is -0.890. The van der Waals surface area contributed by atoms with Gasteiger partial charge in [-0.05, 0) is 0 Å². The van der Waals surface area contributed by atoms with Crippen molar-refractivity contribution in [3.8, 4) is 0 Å². The fraction of sp³-hybridized carbons (Fsp3) is 0.400. The van der Waals surface area contributed by atoms with Gasteiger partial charge in [-0.1, -0.05) is 18.2 Å². The summed E-state index contributed by atoms with van der Waals surface area (Å²) in [7, 11) is 0. The van der Waals surface area contributed by atoms with Crippen LogP contribution in [0.25, 0.3) is 0 Å². The van der Waals surface area contributed by atoms with Crippen LogP contribution in [0.2, 0.25) is 0 Å². The molecule has 0 spiro atoms. The van der Waals surface area contributed by atoms with Crippen LogP contribution in [0, 0.1) is 0 Å². The Morgan fingerprint density at radius 2 is 1.58 bits per heavy atom. The molecular formula is C10H15FO. The summed E-state index contributed by atoms with van der Waals surface area (Å²) in [5.41, 5.74) is 0. The van der Waals surface area contributed by atoms with Crippen LogP contribution in [0.1, 0.15) is 12.8 Å². The maximum Gasteiger partial charge on any atom is 0.216 e. The van der Waals surface area contributed by atoms with Crippen molar-refractivity contribution in [2.75, 3.05) is 6.61 Å². The Morgan fingerprint density at radius 3 is 1.92 bits per heavy atom. The molecule has 0 radical (unpaired) electrons. The molecule has 0 fully saturated rings. The summed E-state index contributed by atoms with van der Waals surface area (Å²) in [5, 5.41) is 0. The average Bonchev–Trinajstić information content (AvgIpc) is 2.02. The minimum Gasteiger partial charge on any atom is -0.341 e. The van der Waals surface area contributed by atoms with Gasteiger partial charge in [0.05, 0.1) is 6.61 Å². The molecule has 0 aliphatic heterocycles. The Balaban J connectivity index is 4.04. The van der Waals surface area contributed by atoms with Crippen molar-refractivity contribution in [1.29, 1.82) is 0 Å². The smallest absolute Gasteiger partial charge is 0.216 e. The minimum atomic E-state index is -1.66. The van der Waals surface area contributed by atoms with Gasteiger partial charge in [0, 0.05) is 12.8 Å². The maximum absolute atomic E-state index is 13.6. The largest absolute Gasteiger partial charge is 0.341 e. The molecule has 1 nitrogen and oxygen atoms in total. The monoisotopic (exact) mass is 170 g/mol. The molecule has 0 aromatic carbocycles. The Labute approximate surface area is 73.2 Å². The third-order valence-corrected chi connectivity index (χ3v) is 1.36.